The van der Waals surface area contributed by atoms with Gasteiger partial charge in [0.15, 0.2) is 0 Å². The van der Waals surface area contributed by atoms with E-state index in [0.717, 1.165) is 18.1 Å². The van der Waals surface area contributed by atoms with Gasteiger partial charge in [0, 0.05) is 37.1 Å². The van der Waals surface area contributed by atoms with Gasteiger partial charge in [0.2, 0.25) is 0 Å². The highest BCUT2D eigenvalue weighted by atomic mass is 15.2. The van der Waals surface area contributed by atoms with Crippen LogP contribution in [-0.2, 0) is 0 Å². The zero-order valence-corrected chi connectivity index (χ0v) is 11.0. The first-order chi connectivity index (χ1) is 8.03. The Kier molecular flexibility index (Phi) is 3.24. The fourth-order valence-corrected chi connectivity index (χ4v) is 2.50. The van der Waals surface area contributed by atoms with Crippen LogP contribution in [0.1, 0.15) is 19.3 Å². The Balaban J connectivity index is 2.08. The molecule has 1 aromatic heterocycles. The summed E-state index contributed by atoms with van der Waals surface area (Å²) in [4.78, 5) is 8.92. The van der Waals surface area contributed by atoms with Gasteiger partial charge in [-0.25, -0.2) is 4.98 Å². The highest BCUT2D eigenvalue weighted by Crippen LogP contribution is 2.37. The highest BCUT2D eigenvalue weighted by Gasteiger charge is 2.40. The lowest BCUT2D eigenvalue weighted by atomic mass is 9.75. The predicted octanol–water partition coefficient (Wildman–Crippen LogP) is 1.58. The Morgan fingerprint density at radius 2 is 2.06 bits per heavy atom. The number of rotatable bonds is 4. The van der Waals surface area contributed by atoms with E-state index >= 15 is 0 Å². The minimum atomic E-state index is 0.320. The zero-order valence-electron chi connectivity index (χ0n) is 11.0. The van der Waals surface area contributed by atoms with Gasteiger partial charge in [-0.3, -0.25) is 0 Å². The van der Waals surface area contributed by atoms with Gasteiger partial charge in [-0.05, 0) is 39.4 Å². The smallest absolute Gasteiger partial charge is 0.130 e. The van der Waals surface area contributed by atoms with Crippen LogP contribution in [0.25, 0.3) is 0 Å². The molecule has 0 atom stereocenters. The molecule has 1 aromatic rings. The van der Waals surface area contributed by atoms with Gasteiger partial charge in [-0.2, -0.15) is 0 Å². The fraction of sp³-hybridized carbons (Fsp3) is 0.615. The second-order valence-electron chi connectivity index (χ2n) is 5.28. The summed E-state index contributed by atoms with van der Waals surface area (Å²) in [6.07, 6.45) is 5.64. The molecular formula is C13H22N4. The Morgan fingerprint density at radius 1 is 1.35 bits per heavy atom. The molecule has 1 heterocycles. The fourth-order valence-electron chi connectivity index (χ4n) is 2.50. The van der Waals surface area contributed by atoms with Gasteiger partial charge in [-0.15, -0.1) is 0 Å². The van der Waals surface area contributed by atoms with Gasteiger partial charge >= 0.3 is 0 Å². The Morgan fingerprint density at radius 3 is 2.53 bits per heavy atom. The maximum atomic E-state index is 5.79. The van der Waals surface area contributed by atoms with Crippen molar-refractivity contribution >= 4 is 11.5 Å². The van der Waals surface area contributed by atoms with E-state index in [-0.39, 0.29) is 0 Å². The highest BCUT2D eigenvalue weighted by molar-refractivity contribution is 5.50. The van der Waals surface area contributed by atoms with Gasteiger partial charge < -0.3 is 15.5 Å². The first kappa shape index (κ1) is 12.2. The van der Waals surface area contributed by atoms with Gasteiger partial charge in [0.1, 0.15) is 5.82 Å². The number of hydrogen-bond acceptors (Lipinski definition) is 4. The first-order valence-electron chi connectivity index (χ1n) is 6.14. The number of nitrogens with two attached hydrogens (primary N) is 1. The van der Waals surface area contributed by atoms with Gasteiger partial charge in [-0.1, -0.05) is 0 Å². The molecule has 0 spiro atoms. The van der Waals surface area contributed by atoms with Crippen molar-refractivity contribution in [2.75, 3.05) is 38.3 Å². The average Bonchev–Trinajstić information content (AvgIpc) is 2.22. The van der Waals surface area contributed by atoms with Crippen molar-refractivity contribution in [3.8, 4) is 0 Å². The number of nitrogens with zero attached hydrogens (tertiary/aromatic N) is 3. The van der Waals surface area contributed by atoms with Crippen LogP contribution in [0.3, 0.4) is 0 Å². The third-order valence-corrected chi connectivity index (χ3v) is 3.93. The van der Waals surface area contributed by atoms with Crippen LogP contribution in [0, 0.1) is 0 Å². The van der Waals surface area contributed by atoms with Gasteiger partial charge in [0.25, 0.3) is 0 Å². The molecule has 4 heteroatoms. The Hall–Kier alpha value is -1.29. The molecule has 1 aliphatic carbocycles. The number of hydrogen-bond donors (Lipinski definition) is 1. The molecule has 0 bridgehead atoms. The second-order valence-corrected chi connectivity index (χ2v) is 5.28. The topological polar surface area (TPSA) is 45.4 Å². The maximum Gasteiger partial charge on any atom is 0.130 e. The van der Waals surface area contributed by atoms with E-state index in [4.69, 9.17) is 5.73 Å². The molecule has 0 radical (unpaired) electrons. The predicted molar refractivity (Wildman–Crippen MR) is 72.2 cm³/mol. The van der Waals surface area contributed by atoms with Crippen LogP contribution in [0.5, 0.6) is 0 Å². The van der Waals surface area contributed by atoms with Crippen molar-refractivity contribution in [3.05, 3.63) is 18.3 Å². The van der Waals surface area contributed by atoms with E-state index in [0.29, 0.717) is 5.54 Å². The van der Waals surface area contributed by atoms with Crippen molar-refractivity contribution < 1.29 is 0 Å². The van der Waals surface area contributed by atoms with E-state index in [1.165, 1.54) is 19.3 Å². The van der Waals surface area contributed by atoms with Crippen LogP contribution >= 0.6 is 0 Å². The number of anilines is 2. The van der Waals surface area contributed by atoms with Crippen LogP contribution in [-0.4, -0.2) is 43.1 Å². The van der Waals surface area contributed by atoms with Gasteiger partial charge in [0.05, 0.1) is 0 Å². The summed E-state index contributed by atoms with van der Waals surface area (Å²) in [6.45, 7) is 1.01. The summed E-state index contributed by atoms with van der Waals surface area (Å²) < 4.78 is 0. The van der Waals surface area contributed by atoms with Crippen LogP contribution in [0.2, 0.25) is 0 Å². The minimum absolute atomic E-state index is 0.320. The van der Waals surface area contributed by atoms with Crippen molar-refractivity contribution in [3.63, 3.8) is 0 Å². The van der Waals surface area contributed by atoms with Crippen LogP contribution in [0.4, 0.5) is 11.5 Å². The monoisotopic (exact) mass is 234 g/mol. The average molecular weight is 234 g/mol. The number of nitrogen functional groups attached to an aromatic ring is 1. The Bertz CT molecular complexity index is 385. The molecule has 1 aliphatic rings. The summed E-state index contributed by atoms with van der Waals surface area (Å²) in [6, 6.07) is 3.75. The van der Waals surface area contributed by atoms with Crippen molar-refractivity contribution in [1.29, 1.82) is 0 Å². The first-order valence-corrected chi connectivity index (χ1v) is 6.14. The molecule has 1 fully saturated rings. The third kappa shape index (κ3) is 2.36. The molecule has 0 aliphatic heterocycles. The van der Waals surface area contributed by atoms with E-state index in [9.17, 15) is 0 Å². The number of aromatic nitrogens is 1. The normalized spacial score (nSPS) is 17.9. The summed E-state index contributed by atoms with van der Waals surface area (Å²) in [5.41, 5.74) is 6.88. The van der Waals surface area contributed by atoms with E-state index < -0.39 is 0 Å². The number of pyridine rings is 1. The maximum absolute atomic E-state index is 5.79. The minimum Gasteiger partial charge on any atom is -0.399 e. The van der Waals surface area contributed by atoms with E-state index in [1.807, 2.05) is 12.1 Å². The Labute approximate surface area is 103 Å². The third-order valence-electron chi connectivity index (χ3n) is 3.93. The largest absolute Gasteiger partial charge is 0.399 e. The molecule has 2 rings (SSSR count). The van der Waals surface area contributed by atoms with Crippen molar-refractivity contribution in [1.82, 2.24) is 9.88 Å². The second kappa shape index (κ2) is 4.53. The molecule has 1 saturated carbocycles. The molecule has 17 heavy (non-hydrogen) atoms. The van der Waals surface area contributed by atoms with E-state index in [2.05, 4.69) is 35.9 Å². The molecule has 0 saturated heterocycles. The SMILES string of the molecule is CN(CC1(N(C)C)CCC1)c1cc(N)ccn1. The lowest BCUT2D eigenvalue weighted by molar-refractivity contribution is 0.0682. The summed E-state index contributed by atoms with van der Waals surface area (Å²) in [5, 5.41) is 0. The summed E-state index contributed by atoms with van der Waals surface area (Å²) in [5.74, 6) is 0.957. The van der Waals surface area contributed by atoms with Crippen molar-refractivity contribution in [2.24, 2.45) is 0 Å². The zero-order chi connectivity index (χ0) is 12.5. The molecule has 4 nitrogen and oxygen atoms in total. The summed E-state index contributed by atoms with van der Waals surface area (Å²) in [7, 11) is 6.42. The summed E-state index contributed by atoms with van der Waals surface area (Å²) >= 11 is 0. The standard InChI is InChI=1S/C13H22N4/c1-16(2)13(6-4-7-13)10-17(3)12-9-11(14)5-8-15-12/h5,8-9H,4,6-7,10H2,1-3H3,(H2,14,15). The van der Waals surface area contributed by atoms with E-state index in [1.54, 1.807) is 6.20 Å². The van der Waals surface area contributed by atoms with Crippen molar-refractivity contribution in [2.45, 2.75) is 24.8 Å². The molecule has 0 amide bonds. The molecule has 2 N–H and O–H groups in total. The molecule has 0 unspecified atom stereocenters. The van der Waals surface area contributed by atoms with Crippen LogP contribution in [0.15, 0.2) is 18.3 Å². The molecule has 0 aromatic carbocycles. The van der Waals surface area contributed by atoms with Crippen LogP contribution < -0.4 is 10.6 Å². The lowest BCUT2D eigenvalue weighted by Gasteiger charge is -2.49. The quantitative estimate of drug-likeness (QED) is 0.859. The molecule has 94 valence electrons. The number of likely N-dealkylation sites (N-methyl/N-ethyl adjacent to an activating group) is 2. The lowest BCUT2D eigenvalue weighted by Crippen LogP contribution is -2.56. The molecular weight excluding hydrogens is 212 g/mol.